The number of hydrogen-bond donors (Lipinski definition) is 2. The first-order valence-electron chi connectivity index (χ1n) is 7.61. The van der Waals surface area contributed by atoms with Gasteiger partial charge in [-0.1, -0.05) is 0 Å². The van der Waals surface area contributed by atoms with Crippen LogP contribution in [-0.4, -0.2) is 33.3 Å². The number of ether oxygens (including phenoxy) is 1. The van der Waals surface area contributed by atoms with Crippen LogP contribution >= 0.6 is 0 Å². The van der Waals surface area contributed by atoms with Crippen molar-refractivity contribution in [3.63, 3.8) is 0 Å². The second-order valence-corrected chi connectivity index (χ2v) is 5.15. The first kappa shape index (κ1) is 15.9. The molecule has 0 amide bonds. The molecule has 1 aromatic carbocycles. The Morgan fingerprint density at radius 3 is 2.67 bits per heavy atom. The highest BCUT2D eigenvalue weighted by molar-refractivity contribution is 5.65. The van der Waals surface area contributed by atoms with Crippen LogP contribution < -0.4 is 10.1 Å². The van der Waals surface area contributed by atoms with Crippen LogP contribution in [0.2, 0.25) is 0 Å². The van der Waals surface area contributed by atoms with Gasteiger partial charge >= 0.3 is 0 Å². The molecule has 0 radical (unpaired) electrons. The molecule has 0 unspecified atom stereocenters. The molecule has 122 valence electrons. The minimum Gasteiger partial charge on any atom is -0.491 e. The zero-order valence-corrected chi connectivity index (χ0v) is 13.3. The summed E-state index contributed by atoms with van der Waals surface area (Å²) in [5.41, 5.74) is 2.65. The maximum atomic E-state index is 8.77. The van der Waals surface area contributed by atoms with E-state index in [-0.39, 0.29) is 13.2 Å². The number of nitrogens with one attached hydrogen (secondary N) is 1. The Morgan fingerprint density at radius 2 is 1.96 bits per heavy atom. The van der Waals surface area contributed by atoms with Crippen molar-refractivity contribution in [1.82, 2.24) is 15.0 Å². The van der Waals surface area contributed by atoms with Gasteiger partial charge in [0.25, 0.3) is 0 Å². The fraction of sp³-hybridized carbons (Fsp3) is 0.167. The molecule has 0 fully saturated rings. The van der Waals surface area contributed by atoms with Gasteiger partial charge in [0.15, 0.2) is 0 Å². The SMILES string of the molecule is Cc1nc(Nc2ccc(OCCO)cc2)cc(-c2cccnc2)n1. The van der Waals surface area contributed by atoms with Gasteiger partial charge in [-0.15, -0.1) is 0 Å². The number of aryl methyl sites for hydroxylation is 1. The highest BCUT2D eigenvalue weighted by Gasteiger charge is 2.05. The van der Waals surface area contributed by atoms with Crippen molar-refractivity contribution < 1.29 is 9.84 Å². The molecule has 0 atom stereocenters. The number of benzene rings is 1. The second-order valence-electron chi connectivity index (χ2n) is 5.15. The molecule has 0 saturated carbocycles. The molecule has 0 aliphatic carbocycles. The van der Waals surface area contributed by atoms with E-state index in [1.807, 2.05) is 49.4 Å². The predicted octanol–water partition coefficient (Wildman–Crippen LogP) is 2.96. The first-order chi connectivity index (χ1) is 11.7. The molecule has 0 bridgehead atoms. The molecule has 3 aromatic rings. The monoisotopic (exact) mass is 322 g/mol. The molecule has 0 saturated heterocycles. The normalized spacial score (nSPS) is 10.4. The molecule has 0 aliphatic rings. The van der Waals surface area contributed by atoms with Crippen LogP contribution in [-0.2, 0) is 0 Å². The quantitative estimate of drug-likeness (QED) is 0.726. The third-order valence-electron chi connectivity index (χ3n) is 3.28. The van der Waals surface area contributed by atoms with Gasteiger partial charge in [0.05, 0.1) is 12.3 Å². The molecular weight excluding hydrogens is 304 g/mol. The van der Waals surface area contributed by atoms with Gasteiger partial charge in [0.1, 0.15) is 24.0 Å². The zero-order valence-electron chi connectivity index (χ0n) is 13.3. The maximum Gasteiger partial charge on any atom is 0.134 e. The van der Waals surface area contributed by atoms with E-state index in [1.165, 1.54) is 0 Å². The average molecular weight is 322 g/mol. The number of aliphatic hydroxyl groups excluding tert-OH is 1. The molecule has 6 heteroatoms. The largest absolute Gasteiger partial charge is 0.491 e. The fourth-order valence-electron chi connectivity index (χ4n) is 2.24. The standard InChI is InChI=1S/C18H18N4O2/c1-13-20-17(14-3-2-8-19-12-14)11-18(21-13)22-15-4-6-16(7-5-15)24-10-9-23/h2-8,11-12,23H,9-10H2,1H3,(H,20,21,22). The van der Waals surface area contributed by atoms with E-state index in [9.17, 15) is 0 Å². The third-order valence-corrected chi connectivity index (χ3v) is 3.28. The molecule has 2 heterocycles. The lowest BCUT2D eigenvalue weighted by molar-refractivity contribution is 0.201. The fourth-order valence-corrected chi connectivity index (χ4v) is 2.24. The lowest BCUT2D eigenvalue weighted by Crippen LogP contribution is -2.02. The lowest BCUT2D eigenvalue weighted by Gasteiger charge is -2.10. The number of anilines is 2. The van der Waals surface area contributed by atoms with Crippen molar-refractivity contribution in [2.45, 2.75) is 6.92 Å². The van der Waals surface area contributed by atoms with Crippen LogP contribution in [0.4, 0.5) is 11.5 Å². The molecule has 2 aromatic heterocycles. The highest BCUT2D eigenvalue weighted by Crippen LogP contribution is 2.23. The van der Waals surface area contributed by atoms with Gasteiger partial charge in [-0.25, -0.2) is 9.97 Å². The van der Waals surface area contributed by atoms with E-state index in [0.717, 1.165) is 16.9 Å². The van der Waals surface area contributed by atoms with Gasteiger partial charge in [-0.05, 0) is 43.3 Å². The molecule has 2 N–H and O–H groups in total. The Labute approximate surface area is 140 Å². The summed E-state index contributed by atoms with van der Waals surface area (Å²) in [7, 11) is 0. The third kappa shape index (κ3) is 4.05. The maximum absolute atomic E-state index is 8.77. The molecule has 0 spiro atoms. The summed E-state index contributed by atoms with van der Waals surface area (Å²) < 4.78 is 5.35. The lowest BCUT2D eigenvalue weighted by atomic mass is 10.2. The Morgan fingerprint density at radius 1 is 1.12 bits per heavy atom. The average Bonchev–Trinajstić information content (AvgIpc) is 2.61. The number of rotatable bonds is 6. The van der Waals surface area contributed by atoms with Crippen LogP contribution in [0.15, 0.2) is 54.9 Å². The van der Waals surface area contributed by atoms with Crippen LogP contribution in [0.25, 0.3) is 11.3 Å². The molecular formula is C18H18N4O2. The zero-order chi connectivity index (χ0) is 16.8. The Kier molecular flexibility index (Phi) is 4.98. The van der Waals surface area contributed by atoms with Crippen molar-refractivity contribution in [2.75, 3.05) is 18.5 Å². The molecule has 24 heavy (non-hydrogen) atoms. The Bertz CT molecular complexity index is 792. The van der Waals surface area contributed by atoms with E-state index >= 15 is 0 Å². The summed E-state index contributed by atoms with van der Waals surface area (Å²) >= 11 is 0. The van der Waals surface area contributed by atoms with Gasteiger partial charge in [0.2, 0.25) is 0 Å². The number of hydrogen-bond acceptors (Lipinski definition) is 6. The van der Waals surface area contributed by atoms with Gasteiger partial charge in [-0.3, -0.25) is 4.98 Å². The topological polar surface area (TPSA) is 80.2 Å². The van der Waals surface area contributed by atoms with Crippen molar-refractivity contribution in [3.8, 4) is 17.0 Å². The van der Waals surface area contributed by atoms with Crippen LogP contribution in [0, 0.1) is 6.92 Å². The Balaban J connectivity index is 1.79. The van der Waals surface area contributed by atoms with E-state index in [2.05, 4.69) is 20.3 Å². The van der Waals surface area contributed by atoms with E-state index in [1.54, 1.807) is 12.4 Å². The van der Waals surface area contributed by atoms with Gasteiger partial charge in [-0.2, -0.15) is 0 Å². The Hall–Kier alpha value is -2.99. The molecule has 6 nitrogen and oxygen atoms in total. The summed E-state index contributed by atoms with van der Waals surface area (Å²) in [5, 5.41) is 12.0. The van der Waals surface area contributed by atoms with E-state index in [4.69, 9.17) is 9.84 Å². The molecule has 3 rings (SSSR count). The van der Waals surface area contributed by atoms with Crippen molar-refractivity contribution >= 4 is 11.5 Å². The van der Waals surface area contributed by atoms with Gasteiger partial charge < -0.3 is 15.2 Å². The van der Waals surface area contributed by atoms with Crippen LogP contribution in [0.3, 0.4) is 0 Å². The van der Waals surface area contributed by atoms with Crippen LogP contribution in [0.1, 0.15) is 5.82 Å². The minimum atomic E-state index is -0.00265. The number of pyridine rings is 1. The minimum absolute atomic E-state index is 0.00265. The smallest absolute Gasteiger partial charge is 0.134 e. The number of aromatic nitrogens is 3. The van der Waals surface area contributed by atoms with Crippen molar-refractivity contribution in [3.05, 3.63) is 60.7 Å². The highest BCUT2D eigenvalue weighted by atomic mass is 16.5. The van der Waals surface area contributed by atoms with Crippen molar-refractivity contribution in [2.24, 2.45) is 0 Å². The van der Waals surface area contributed by atoms with Crippen molar-refractivity contribution in [1.29, 1.82) is 0 Å². The number of nitrogens with zero attached hydrogens (tertiary/aromatic N) is 3. The van der Waals surface area contributed by atoms with E-state index in [0.29, 0.717) is 17.4 Å². The summed E-state index contributed by atoms with van der Waals surface area (Å²) in [6.07, 6.45) is 3.51. The summed E-state index contributed by atoms with van der Waals surface area (Å²) in [4.78, 5) is 13.0. The second kappa shape index (κ2) is 7.52. The molecule has 0 aliphatic heterocycles. The summed E-state index contributed by atoms with van der Waals surface area (Å²) in [5.74, 6) is 2.11. The number of aliphatic hydroxyl groups is 1. The van der Waals surface area contributed by atoms with Crippen LogP contribution in [0.5, 0.6) is 5.75 Å². The predicted molar refractivity (Wildman–Crippen MR) is 92.3 cm³/mol. The first-order valence-corrected chi connectivity index (χ1v) is 7.61. The van der Waals surface area contributed by atoms with Gasteiger partial charge in [0, 0.05) is 29.7 Å². The summed E-state index contributed by atoms with van der Waals surface area (Å²) in [6, 6.07) is 13.2. The van der Waals surface area contributed by atoms with E-state index < -0.39 is 0 Å². The summed E-state index contributed by atoms with van der Waals surface area (Å²) in [6.45, 7) is 2.14.